The van der Waals surface area contributed by atoms with Crippen molar-refractivity contribution in [2.24, 2.45) is 0 Å². The van der Waals surface area contributed by atoms with E-state index in [1.54, 1.807) is 0 Å². The van der Waals surface area contributed by atoms with Gasteiger partial charge in [0.1, 0.15) is 6.07 Å². The lowest BCUT2D eigenvalue weighted by Gasteiger charge is -2.12. The standard InChI is InChI=1S/C16H16N2/c1-2-7-13-8-3-5-10-15(13)18-16-11-6-4-9-14(16)12-17/h3-6,8-11,18H,2,7H2,1H3. The number of rotatable bonds is 4. The topological polar surface area (TPSA) is 35.8 Å². The molecular weight excluding hydrogens is 220 g/mol. The summed E-state index contributed by atoms with van der Waals surface area (Å²) < 4.78 is 0. The zero-order valence-electron chi connectivity index (χ0n) is 10.5. The summed E-state index contributed by atoms with van der Waals surface area (Å²) in [5, 5.41) is 12.4. The number of hydrogen-bond donors (Lipinski definition) is 1. The van der Waals surface area contributed by atoms with Gasteiger partial charge < -0.3 is 5.32 Å². The number of hydrogen-bond acceptors (Lipinski definition) is 2. The summed E-state index contributed by atoms with van der Waals surface area (Å²) in [6.07, 6.45) is 2.15. The molecule has 0 fully saturated rings. The highest BCUT2D eigenvalue weighted by Crippen LogP contribution is 2.24. The predicted molar refractivity (Wildman–Crippen MR) is 74.9 cm³/mol. The second kappa shape index (κ2) is 5.88. The Morgan fingerprint density at radius 2 is 1.67 bits per heavy atom. The Bertz CT molecular complexity index is 567. The van der Waals surface area contributed by atoms with Gasteiger partial charge in [0.05, 0.1) is 11.3 Å². The van der Waals surface area contributed by atoms with Crippen LogP contribution in [0.4, 0.5) is 11.4 Å². The van der Waals surface area contributed by atoms with Crippen molar-refractivity contribution in [3.05, 3.63) is 59.7 Å². The summed E-state index contributed by atoms with van der Waals surface area (Å²) in [6.45, 7) is 2.17. The van der Waals surface area contributed by atoms with Crippen LogP contribution >= 0.6 is 0 Å². The van der Waals surface area contributed by atoms with Crippen LogP contribution in [0.15, 0.2) is 48.5 Å². The van der Waals surface area contributed by atoms with Gasteiger partial charge in [-0.1, -0.05) is 43.7 Å². The van der Waals surface area contributed by atoms with Crippen molar-refractivity contribution in [1.29, 1.82) is 5.26 Å². The molecule has 2 heteroatoms. The Labute approximate surface area is 108 Å². The summed E-state index contributed by atoms with van der Waals surface area (Å²) >= 11 is 0. The molecular formula is C16H16N2. The first-order valence-electron chi connectivity index (χ1n) is 6.19. The number of nitriles is 1. The maximum Gasteiger partial charge on any atom is 0.101 e. The van der Waals surface area contributed by atoms with E-state index in [0.717, 1.165) is 24.2 Å². The van der Waals surface area contributed by atoms with Gasteiger partial charge in [-0.25, -0.2) is 0 Å². The maximum atomic E-state index is 9.08. The summed E-state index contributed by atoms with van der Waals surface area (Å²) in [5.41, 5.74) is 3.90. The molecule has 0 atom stereocenters. The Hall–Kier alpha value is -2.27. The monoisotopic (exact) mass is 236 g/mol. The number of nitrogens with one attached hydrogen (secondary N) is 1. The van der Waals surface area contributed by atoms with Gasteiger partial charge in [0.25, 0.3) is 0 Å². The van der Waals surface area contributed by atoms with E-state index in [9.17, 15) is 0 Å². The molecule has 0 unspecified atom stereocenters. The Morgan fingerprint density at radius 3 is 2.39 bits per heavy atom. The minimum atomic E-state index is 0.670. The first-order valence-corrected chi connectivity index (χ1v) is 6.19. The average Bonchev–Trinajstić information content (AvgIpc) is 2.42. The molecule has 1 N–H and O–H groups in total. The van der Waals surface area contributed by atoms with E-state index in [2.05, 4.69) is 30.4 Å². The van der Waals surface area contributed by atoms with Crippen LogP contribution in [0, 0.1) is 11.3 Å². The molecule has 0 amide bonds. The van der Waals surface area contributed by atoms with Crippen LogP contribution < -0.4 is 5.32 Å². The van der Waals surface area contributed by atoms with Crippen molar-refractivity contribution < 1.29 is 0 Å². The van der Waals surface area contributed by atoms with Gasteiger partial charge in [0.15, 0.2) is 0 Å². The molecule has 0 saturated carbocycles. The van der Waals surface area contributed by atoms with Crippen LogP contribution in [0.1, 0.15) is 24.5 Å². The van der Waals surface area contributed by atoms with E-state index in [-0.39, 0.29) is 0 Å². The van der Waals surface area contributed by atoms with Gasteiger partial charge in [-0.15, -0.1) is 0 Å². The Balaban J connectivity index is 2.31. The highest BCUT2D eigenvalue weighted by atomic mass is 14.9. The second-order valence-corrected chi connectivity index (χ2v) is 4.19. The van der Waals surface area contributed by atoms with E-state index in [0.29, 0.717) is 5.56 Å². The molecule has 18 heavy (non-hydrogen) atoms. The zero-order valence-corrected chi connectivity index (χ0v) is 10.5. The lowest BCUT2D eigenvalue weighted by molar-refractivity contribution is 0.923. The minimum Gasteiger partial charge on any atom is -0.354 e. The fraction of sp³-hybridized carbons (Fsp3) is 0.188. The van der Waals surface area contributed by atoms with E-state index < -0.39 is 0 Å². The lowest BCUT2D eigenvalue weighted by Crippen LogP contribution is -1.97. The molecule has 90 valence electrons. The van der Waals surface area contributed by atoms with Crippen LogP contribution in [-0.4, -0.2) is 0 Å². The number of para-hydroxylation sites is 2. The predicted octanol–water partition coefficient (Wildman–Crippen LogP) is 4.25. The Morgan fingerprint density at radius 1 is 1.00 bits per heavy atom. The smallest absolute Gasteiger partial charge is 0.101 e. The quantitative estimate of drug-likeness (QED) is 0.861. The first-order chi connectivity index (χ1) is 8.85. The third-order valence-corrected chi connectivity index (χ3v) is 2.85. The van der Waals surface area contributed by atoms with Crippen molar-refractivity contribution in [3.8, 4) is 6.07 Å². The third kappa shape index (κ3) is 2.70. The number of anilines is 2. The van der Waals surface area contributed by atoms with E-state index in [1.165, 1.54) is 5.56 Å². The third-order valence-electron chi connectivity index (χ3n) is 2.85. The van der Waals surface area contributed by atoms with Crippen molar-refractivity contribution >= 4 is 11.4 Å². The minimum absolute atomic E-state index is 0.670. The molecule has 0 saturated heterocycles. The molecule has 0 heterocycles. The van der Waals surface area contributed by atoms with Gasteiger partial charge in [-0.05, 0) is 30.2 Å². The van der Waals surface area contributed by atoms with Crippen LogP contribution in [0.2, 0.25) is 0 Å². The molecule has 0 aliphatic carbocycles. The van der Waals surface area contributed by atoms with Crippen molar-refractivity contribution in [3.63, 3.8) is 0 Å². The van der Waals surface area contributed by atoms with E-state index in [4.69, 9.17) is 5.26 Å². The molecule has 2 nitrogen and oxygen atoms in total. The van der Waals surface area contributed by atoms with E-state index >= 15 is 0 Å². The van der Waals surface area contributed by atoms with Crippen molar-refractivity contribution in [1.82, 2.24) is 0 Å². The van der Waals surface area contributed by atoms with Gasteiger partial charge in [-0.2, -0.15) is 5.26 Å². The summed E-state index contributed by atoms with van der Waals surface area (Å²) in [5.74, 6) is 0. The highest BCUT2D eigenvalue weighted by molar-refractivity contribution is 5.68. The summed E-state index contributed by atoms with van der Waals surface area (Å²) in [7, 11) is 0. The first kappa shape index (κ1) is 12.2. The molecule has 0 aliphatic rings. The Kier molecular flexibility index (Phi) is 3.98. The van der Waals surface area contributed by atoms with Crippen LogP contribution in [0.3, 0.4) is 0 Å². The molecule has 0 bridgehead atoms. The van der Waals surface area contributed by atoms with Crippen LogP contribution in [0.25, 0.3) is 0 Å². The summed E-state index contributed by atoms with van der Waals surface area (Å²) in [4.78, 5) is 0. The largest absolute Gasteiger partial charge is 0.354 e. The molecule has 0 spiro atoms. The fourth-order valence-electron chi connectivity index (χ4n) is 1.96. The molecule has 2 aromatic carbocycles. The molecule has 2 aromatic rings. The molecule has 2 rings (SSSR count). The van der Waals surface area contributed by atoms with E-state index in [1.807, 2.05) is 36.4 Å². The SMILES string of the molecule is CCCc1ccccc1Nc1ccccc1C#N. The van der Waals surface area contributed by atoms with Gasteiger partial charge >= 0.3 is 0 Å². The van der Waals surface area contributed by atoms with Crippen LogP contribution in [-0.2, 0) is 6.42 Å². The van der Waals surface area contributed by atoms with Crippen molar-refractivity contribution in [2.75, 3.05) is 5.32 Å². The average molecular weight is 236 g/mol. The van der Waals surface area contributed by atoms with Crippen LogP contribution in [0.5, 0.6) is 0 Å². The number of benzene rings is 2. The van der Waals surface area contributed by atoms with Gasteiger partial charge in [0, 0.05) is 5.69 Å². The van der Waals surface area contributed by atoms with Crippen molar-refractivity contribution in [2.45, 2.75) is 19.8 Å². The maximum absolute atomic E-state index is 9.08. The second-order valence-electron chi connectivity index (χ2n) is 4.19. The zero-order chi connectivity index (χ0) is 12.8. The fourth-order valence-corrected chi connectivity index (χ4v) is 1.96. The summed E-state index contributed by atoms with van der Waals surface area (Å²) in [6, 6.07) is 18.0. The van der Waals surface area contributed by atoms with Gasteiger partial charge in [-0.3, -0.25) is 0 Å². The highest BCUT2D eigenvalue weighted by Gasteiger charge is 2.04. The molecule has 0 aliphatic heterocycles. The number of aryl methyl sites for hydroxylation is 1. The lowest BCUT2D eigenvalue weighted by atomic mass is 10.1. The normalized spacial score (nSPS) is 9.78. The van der Waals surface area contributed by atoms with Gasteiger partial charge in [0.2, 0.25) is 0 Å². The number of nitrogens with zero attached hydrogens (tertiary/aromatic N) is 1. The molecule has 0 radical (unpaired) electrons. The molecule has 0 aromatic heterocycles.